The van der Waals surface area contributed by atoms with Gasteiger partial charge in [-0.2, -0.15) is 0 Å². The van der Waals surface area contributed by atoms with Crippen molar-refractivity contribution < 1.29 is 14.4 Å². The summed E-state index contributed by atoms with van der Waals surface area (Å²) in [5, 5.41) is 2.48. The summed E-state index contributed by atoms with van der Waals surface area (Å²) >= 11 is 0. The zero-order chi connectivity index (χ0) is 19.3. The van der Waals surface area contributed by atoms with Crippen molar-refractivity contribution in [2.75, 3.05) is 16.3 Å². The van der Waals surface area contributed by atoms with Gasteiger partial charge in [-0.15, -0.1) is 0 Å². The van der Waals surface area contributed by atoms with Gasteiger partial charge in [0.1, 0.15) is 0 Å². The Bertz CT molecular complexity index is 974. The largest absolute Gasteiger partial charge is 0.367 e. The van der Waals surface area contributed by atoms with Crippen LogP contribution in [0.15, 0.2) is 54.6 Å². The number of carbonyl (C=O) groups excluding carboxylic acids is 3. The van der Waals surface area contributed by atoms with Crippen molar-refractivity contribution in [1.82, 2.24) is 5.32 Å². The summed E-state index contributed by atoms with van der Waals surface area (Å²) in [5.41, 5.74) is 1.27. The molecular weight excluding hydrogens is 354 g/mol. The Labute approximate surface area is 163 Å². The number of anilines is 2. The molecule has 0 radical (unpaired) electrons. The van der Waals surface area contributed by atoms with Gasteiger partial charge < -0.3 is 4.90 Å². The summed E-state index contributed by atoms with van der Waals surface area (Å²) in [4.78, 5) is 43.0. The number of imide groups is 2. The van der Waals surface area contributed by atoms with Gasteiger partial charge >= 0.3 is 6.03 Å². The molecule has 3 heterocycles. The quantitative estimate of drug-likeness (QED) is 0.778. The van der Waals surface area contributed by atoms with E-state index in [1.165, 1.54) is 0 Å². The molecule has 2 fully saturated rings. The van der Waals surface area contributed by atoms with Crippen molar-refractivity contribution in [2.45, 2.75) is 31.7 Å². The van der Waals surface area contributed by atoms with Crippen LogP contribution < -0.4 is 15.1 Å². The van der Waals surface area contributed by atoms with Crippen LogP contribution in [0.25, 0.3) is 0 Å². The number of barbiturate groups is 1. The van der Waals surface area contributed by atoms with E-state index in [0.29, 0.717) is 12.1 Å². The number of hydrogen-bond donors (Lipinski definition) is 1. The number of para-hydroxylation sites is 2. The fraction of sp³-hybridized carbons (Fsp3) is 0.318. The molecule has 2 saturated heterocycles. The van der Waals surface area contributed by atoms with E-state index in [4.69, 9.17) is 0 Å². The van der Waals surface area contributed by atoms with Gasteiger partial charge in [-0.3, -0.25) is 14.9 Å². The van der Waals surface area contributed by atoms with Crippen LogP contribution in [0.3, 0.4) is 0 Å². The summed E-state index contributed by atoms with van der Waals surface area (Å²) in [7, 11) is 0. The average molecular weight is 375 g/mol. The van der Waals surface area contributed by atoms with Crippen LogP contribution in [-0.4, -0.2) is 30.4 Å². The Morgan fingerprint density at radius 3 is 2.50 bits per heavy atom. The summed E-state index contributed by atoms with van der Waals surface area (Å²) in [6.07, 6.45) is 3.05. The van der Waals surface area contributed by atoms with Crippen molar-refractivity contribution in [3.05, 3.63) is 60.2 Å². The molecular formula is C22H21N3O3. The van der Waals surface area contributed by atoms with Gasteiger partial charge in [0.15, 0.2) is 5.41 Å². The number of urea groups is 1. The molecule has 0 saturated carbocycles. The first-order valence-electron chi connectivity index (χ1n) is 9.72. The molecule has 0 aromatic heterocycles. The second-order valence-electron chi connectivity index (χ2n) is 7.72. The highest BCUT2D eigenvalue weighted by Gasteiger charge is 2.62. The molecule has 6 nitrogen and oxygen atoms in total. The third-order valence-corrected chi connectivity index (χ3v) is 6.27. The van der Waals surface area contributed by atoms with Gasteiger partial charge in [-0.05, 0) is 49.4 Å². The molecule has 3 aliphatic heterocycles. The van der Waals surface area contributed by atoms with Crippen molar-refractivity contribution in [2.24, 2.45) is 5.41 Å². The standard InChI is InChI=1S/C22H21N3O3/c26-19-22(20(27)25(21(28)23-19)16-9-2-1-3-10-16)14-15-8-4-5-11-17(15)24-13-7-6-12-18(22)24/h1-5,8-11,18H,6-7,12-14H2,(H,23,26,28)/t18-,22+/m0/s1. The van der Waals surface area contributed by atoms with Gasteiger partial charge in [0, 0.05) is 12.2 Å². The highest BCUT2D eigenvalue weighted by Crippen LogP contribution is 2.47. The zero-order valence-corrected chi connectivity index (χ0v) is 15.4. The fourth-order valence-electron chi connectivity index (χ4n) is 5.01. The van der Waals surface area contributed by atoms with E-state index in [1.807, 2.05) is 24.3 Å². The van der Waals surface area contributed by atoms with Crippen LogP contribution in [0.5, 0.6) is 0 Å². The maximum Gasteiger partial charge on any atom is 0.335 e. The van der Waals surface area contributed by atoms with Gasteiger partial charge in [0.25, 0.3) is 5.91 Å². The first-order chi connectivity index (χ1) is 13.6. The van der Waals surface area contributed by atoms with Crippen molar-refractivity contribution in [3.8, 4) is 0 Å². The van der Waals surface area contributed by atoms with Gasteiger partial charge in [-0.25, -0.2) is 9.69 Å². The third kappa shape index (κ3) is 2.24. The third-order valence-electron chi connectivity index (χ3n) is 6.27. The number of nitrogens with one attached hydrogen (secondary N) is 1. The van der Waals surface area contributed by atoms with Crippen molar-refractivity contribution >= 4 is 29.2 Å². The number of fused-ring (bicyclic) bond motifs is 4. The van der Waals surface area contributed by atoms with E-state index in [1.54, 1.807) is 24.3 Å². The minimum atomic E-state index is -1.29. The molecule has 0 unspecified atom stereocenters. The number of amides is 4. The molecule has 0 bridgehead atoms. The van der Waals surface area contributed by atoms with Crippen molar-refractivity contribution in [1.29, 1.82) is 0 Å². The molecule has 1 N–H and O–H groups in total. The predicted octanol–water partition coefficient (Wildman–Crippen LogP) is 2.87. The van der Waals surface area contributed by atoms with E-state index in [-0.39, 0.29) is 6.04 Å². The molecule has 6 heteroatoms. The molecule has 28 heavy (non-hydrogen) atoms. The number of nitrogens with zero attached hydrogens (tertiary/aromatic N) is 2. The van der Waals surface area contributed by atoms with Crippen LogP contribution in [0.1, 0.15) is 24.8 Å². The lowest BCUT2D eigenvalue weighted by Gasteiger charge is -2.53. The minimum Gasteiger partial charge on any atom is -0.367 e. The molecule has 3 aliphatic rings. The van der Waals surface area contributed by atoms with Gasteiger partial charge in [-0.1, -0.05) is 36.4 Å². The zero-order valence-electron chi connectivity index (χ0n) is 15.4. The smallest absolute Gasteiger partial charge is 0.335 e. The Morgan fingerprint density at radius 1 is 0.929 bits per heavy atom. The molecule has 2 atom stereocenters. The van der Waals surface area contributed by atoms with Crippen molar-refractivity contribution in [3.63, 3.8) is 0 Å². The Morgan fingerprint density at radius 2 is 1.68 bits per heavy atom. The second kappa shape index (κ2) is 6.19. The second-order valence-corrected chi connectivity index (χ2v) is 7.72. The molecule has 1 spiro atoms. The molecule has 0 aliphatic carbocycles. The molecule has 4 amide bonds. The SMILES string of the molecule is O=C1NC(=O)[C@]2(Cc3ccccc3N3CCCC[C@H]32)C(=O)N1c1ccccc1. The number of piperidine rings is 1. The molecule has 5 rings (SSSR count). The van der Waals surface area contributed by atoms with Crippen LogP contribution in [0.4, 0.5) is 16.2 Å². The van der Waals surface area contributed by atoms with Crippen LogP contribution in [-0.2, 0) is 16.0 Å². The maximum absolute atomic E-state index is 13.8. The average Bonchev–Trinajstić information content (AvgIpc) is 2.73. The van der Waals surface area contributed by atoms with Gasteiger partial charge in [0.2, 0.25) is 5.91 Å². The first kappa shape index (κ1) is 17.0. The van der Waals surface area contributed by atoms with E-state index in [2.05, 4.69) is 16.3 Å². The number of carbonyl (C=O) groups is 3. The minimum absolute atomic E-state index is 0.247. The molecule has 2 aromatic carbocycles. The normalized spacial score (nSPS) is 26.7. The Kier molecular flexibility index (Phi) is 3.75. The summed E-state index contributed by atoms with van der Waals surface area (Å²) in [6.45, 7) is 0.809. The lowest BCUT2D eigenvalue weighted by Crippen LogP contribution is -2.72. The highest BCUT2D eigenvalue weighted by molar-refractivity contribution is 6.30. The topological polar surface area (TPSA) is 69.7 Å². The fourth-order valence-corrected chi connectivity index (χ4v) is 5.01. The van der Waals surface area contributed by atoms with E-state index >= 15 is 0 Å². The Balaban J connectivity index is 1.67. The van der Waals surface area contributed by atoms with Gasteiger partial charge in [0.05, 0.1) is 11.7 Å². The lowest BCUT2D eigenvalue weighted by atomic mass is 9.66. The number of rotatable bonds is 1. The monoisotopic (exact) mass is 375 g/mol. The summed E-state index contributed by atoms with van der Waals surface area (Å²) in [5.74, 6) is -0.889. The lowest BCUT2D eigenvalue weighted by molar-refractivity contribution is -0.145. The van der Waals surface area contributed by atoms with Crippen LogP contribution >= 0.6 is 0 Å². The number of benzene rings is 2. The summed E-state index contributed by atoms with van der Waals surface area (Å²) in [6, 6.07) is 15.9. The maximum atomic E-state index is 13.8. The Hall–Kier alpha value is -3.15. The van der Waals surface area contributed by atoms with Crippen LogP contribution in [0.2, 0.25) is 0 Å². The molecule has 142 valence electrons. The number of hydrogen-bond acceptors (Lipinski definition) is 4. The van der Waals surface area contributed by atoms with Crippen LogP contribution in [0, 0.1) is 5.41 Å². The predicted molar refractivity (Wildman–Crippen MR) is 105 cm³/mol. The molecule has 2 aromatic rings. The first-order valence-corrected chi connectivity index (χ1v) is 9.72. The van der Waals surface area contributed by atoms with E-state index in [9.17, 15) is 14.4 Å². The van der Waals surface area contributed by atoms with E-state index in [0.717, 1.165) is 42.0 Å². The summed E-state index contributed by atoms with van der Waals surface area (Å²) < 4.78 is 0. The van der Waals surface area contributed by atoms with E-state index < -0.39 is 23.3 Å². The highest BCUT2D eigenvalue weighted by atomic mass is 16.2.